The quantitative estimate of drug-likeness (QED) is 0.851. The van der Waals surface area contributed by atoms with E-state index in [1.807, 2.05) is 31.3 Å². The van der Waals surface area contributed by atoms with Crippen LogP contribution in [-0.2, 0) is 14.9 Å². The number of amides is 1. The summed E-state index contributed by atoms with van der Waals surface area (Å²) in [7, 11) is 3.29. The van der Waals surface area contributed by atoms with Crippen LogP contribution in [0.2, 0.25) is 0 Å². The fraction of sp³-hybridized carbons (Fsp3) is 0.529. The highest BCUT2D eigenvalue weighted by atomic mass is 16.6. The molecule has 0 N–H and O–H groups in total. The molecule has 2 atom stereocenters. The summed E-state index contributed by atoms with van der Waals surface area (Å²) >= 11 is 0. The van der Waals surface area contributed by atoms with Gasteiger partial charge in [0.2, 0.25) is 5.91 Å². The van der Waals surface area contributed by atoms with E-state index in [0.29, 0.717) is 24.5 Å². The van der Waals surface area contributed by atoms with Gasteiger partial charge in [-0.2, -0.15) is 5.10 Å². The summed E-state index contributed by atoms with van der Waals surface area (Å²) < 4.78 is 16.8. The zero-order valence-corrected chi connectivity index (χ0v) is 13.7. The van der Waals surface area contributed by atoms with E-state index >= 15 is 0 Å². The molecule has 0 aliphatic carbocycles. The van der Waals surface area contributed by atoms with Crippen molar-refractivity contribution in [3.8, 4) is 11.5 Å². The van der Waals surface area contributed by atoms with Gasteiger partial charge in [0.25, 0.3) is 0 Å². The van der Waals surface area contributed by atoms with Gasteiger partial charge in [0.1, 0.15) is 6.10 Å². The molecule has 6 heteroatoms. The van der Waals surface area contributed by atoms with Crippen LogP contribution in [0, 0.1) is 0 Å². The predicted molar refractivity (Wildman–Crippen MR) is 86.1 cm³/mol. The van der Waals surface area contributed by atoms with Gasteiger partial charge >= 0.3 is 0 Å². The summed E-state index contributed by atoms with van der Waals surface area (Å²) in [6.07, 6.45) is 3.11. The largest absolute Gasteiger partial charge is 0.493 e. The number of hydrogen-bond acceptors (Lipinski definition) is 5. The Labute approximate surface area is 136 Å². The maximum atomic E-state index is 12.0. The molecule has 2 aliphatic rings. The topological polar surface area (TPSA) is 60.4 Å². The van der Waals surface area contributed by atoms with Gasteiger partial charge < -0.3 is 14.2 Å². The molecule has 1 aromatic carbocycles. The van der Waals surface area contributed by atoms with Crippen molar-refractivity contribution < 1.29 is 19.0 Å². The lowest BCUT2D eigenvalue weighted by atomic mass is 9.79. The fourth-order valence-corrected chi connectivity index (χ4v) is 2.84. The maximum Gasteiger partial charge on any atom is 0.243 e. The third-order valence-corrected chi connectivity index (χ3v) is 4.40. The molecule has 1 saturated heterocycles. The minimum atomic E-state index is -0.444. The molecular weight excluding hydrogens is 296 g/mol. The lowest BCUT2D eigenvalue weighted by Gasteiger charge is -2.31. The first kappa shape index (κ1) is 15.8. The zero-order chi connectivity index (χ0) is 16.4. The number of hydrazone groups is 1. The van der Waals surface area contributed by atoms with Crippen molar-refractivity contribution in [3.63, 3.8) is 0 Å². The Hall–Kier alpha value is -2.08. The third kappa shape index (κ3) is 3.17. The summed E-state index contributed by atoms with van der Waals surface area (Å²) in [6.45, 7) is 3.32. The smallest absolute Gasteiger partial charge is 0.243 e. The van der Waals surface area contributed by atoms with Crippen molar-refractivity contribution in [1.82, 2.24) is 5.01 Å². The second kappa shape index (κ2) is 6.20. The van der Waals surface area contributed by atoms with Crippen LogP contribution < -0.4 is 9.47 Å². The Morgan fingerprint density at radius 1 is 1.39 bits per heavy atom. The lowest BCUT2D eigenvalue weighted by Crippen LogP contribution is -2.38. The second-order valence-corrected chi connectivity index (χ2v) is 6.23. The summed E-state index contributed by atoms with van der Waals surface area (Å²) in [5.74, 6) is 1.36. The average molecular weight is 318 g/mol. The number of ether oxygens (including phenoxy) is 3. The van der Waals surface area contributed by atoms with Gasteiger partial charge in [-0.3, -0.25) is 4.79 Å². The average Bonchev–Trinajstić information content (AvgIpc) is 3.04. The van der Waals surface area contributed by atoms with Gasteiger partial charge in [-0.25, -0.2) is 5.01 Å². The Morgan fingerprint density at radius 2 is 2.22 bits per heavy atom. The molecule has 2 heterocycles. The Bertz CT molecular complexity index is 625. The minimum absolute atomic E-state index is 0.00233. The molecule has 0 radical (unpaired) electrons. The van der Waals surface area contributed by atoms with Crippen LogP contribution in [0.15, 0.2) is 23.3 Å². The number of nitrogens with zero attached hydrogens (tertiary/aromatic N) is 2. The van der Waals surface area contributed by atoms with Crippen LogP contribution in [0.3, 0.4) is 0 Å². The Morgan fingerprint density at radius 3 is 2.87 bits per heavy atom. The molecule has 2 aliphatic heterocycles. The Balaban J connectivity index is 1.90. The van der Waals surface area contributed by atoms with Crippen molar-refractivity contribution in [2.45, 2.75) is 31.3 Å². The molecule has 1 fully saturated rings. The molecule has 2 unspecified atom stereocenters. The van der Waals surface area contributed by atoms with E-state index in [-0.39, 0.29) is 12.0 Å². The normalized spacial score (nSPS) is 27.3. The van der Waals surface area contributed by atoms with Gasteiger partial charge in [0.05, 0.1) is 20.3 Å². The second-order valence-electron chi connectivity index (χ2n) is 6.23. The number of carbonyl (C=O) groups excluding carboxylic acids is 1. The maximum absolute atomic E-state index is 12.0. The van der Waals surface area contributed by atoms with Crippen molar-refractivity contribution in [2.75, 3.05) is 27.4 Å². The highest BCUT2D eigenvalue weighted by Gasteiger charge is 2.34. The molecule has 3 rings (SSSR count). The molecule has 1 aromatic rings. The third-order valence-electron chi connectivity index (χ3n) is 4.40. The van der Waals surface area contributed by atoms with Crippen LogP contribution in [0.4, 0.5) is 0 Å². The van der Waals surface area contributed by atoms with Crippen LogP contribution in [-0.4, -0.2) is 50.6 Å². The molecule has 124 valence electrons. The first-order valence-electron chi connectivity index (χ1n) is 7.76. The van der Waals surface area contributed by atoms with Gasteiger partial charge in [-0.1, -0.05) is 6.07 Å². The predicted octanol–water partition coefficient (Wildman–Crippen LogP) is 1.97. The molecule has 0 saturated carbocycles. The van der Waals surface area contributed by atoms with Crippen molar-refractivity contribution in [3.05, 3.63) is 23.8 Å². The number of carbonyl (C=O) groups is 1. The van der Waals surface area contributed by atoms with E-state index in [1.54, 1.807) is 14.2 Å². The van der Waals surface area contributed by atoms with E-state index in [0.717, 1.165) is 18.6 Å². The van der Waals surface area contributed by atoms with E-state index in [9.17, 15) is 4.79 Å². The number of hydrogen-bond donors (Lipinski definition) is 0. The van der Waals surface area contributed by atoms with Gasteiger partial charge in [0.15, 0.2) is 11.5 Å². The standard InChI is InChI=1S/C17H22N2O4/c1-17(9-16(20)19(2)18-11-17)12-4-5-14(21-3)15(8-12)23-13-6-7-22-10-13/h4-5,8,11,13H,6-7,9-10H2,1-3H3. The highest BCUT2D eigenvalue weighted by Crippen LogP contribution is 2.36. The van der Waals surface area contributed by atoms with Gasteiger partial charge in [0, 0.05) is 31.5 Å². The van der Waals surface area contributed by atoms with Crippen LogP contribution >= 0.6 is 0 Å². The van der Waals surface area contributed by atoms with Crippen LogP contribution in [0.5, 0.6) is 11.5 Å². The molecule has 0 aromatic heterocycles. The number of benzene rings is 1. The summed E-state index contributed by atoms with van der Waals surface area (Å²) in [4.78, 5) is 12.0. The first-order chi connectivity index (χ1) is 11.0. The van der Waals surface area contributed by atoms with Gasteiger partial charge in [-0.05, 0) is 24.6 Å². The van der Waals surface area contributed by atoms with Gasteiger partial charge in [-0.15, -0.1) is 0 Å². The minimum Gasteiger partial charge on any atom is -0.493 e. The molecule has 0 bridgehead atoms. The SMILES string of the molecule is COc1ccc(C2(C)C=NN(C)C(=O)C2)cc1OC1CCOC1. The van der Waals surface area contributed by atoms with E-state index in [2.05, 4.69) is 5.10 Å². The Kier molecular flexibility index (Phi) is 4.26. The monoisotopic (exact) mass is 318 g/mol. The number of rotatable bonds is 4. The fourth-order valence-electron chi connectivity index (χ4n) is 2.84. The van der Waals surface area contributed by atoms with Crippen molar-refractivity contribution >= 4 is 12.1 Å². The summed E-state index contributed by atoms with van der Waals surface area (Å²) in [6, 6.07) is 5.78. The molecular formula is C17H22N2O4. The number of methoxy groups -OCH3 is 1. The van der Waals surface area contributed by atoms with Crippen molar-refractivity contribution in [2.24, 2.45) is 5.10 Å². The van der Waals surface area contributed by atoms with Crippen LogP contribution in [0.1, 0.15) is 25.3 Å². The zero-order valence-electron chi connectivity index (χ0n) is 13.7. The van der Waals surface area contributed by atoms with Crippen LogP contribution in [0.25, 0.3) is 0 Å². The molecule has 23 heavy (non-hydrogen) atoms. The highest BCUT2D eigenvalue weighted by molar-refractivity contribution is 5.89. The first-order valence-corrected chi connectivity index (χ1v) is 7.76. The lowest BCUT2D eigenvalue weighted by molar-refractivity contribution is -0.131. The molecule has 1 amide bonds. The molecule has 6 nitrogen and oxygen atoms in total. The summed E-state index contributed by atoms with van der Waals surface area (Å²) in [5, 5.41) is 5.56. The van der Waals surface area contributed by atoms with E-state index in [4.69, 9.17) is 14.2 Å². The van der Waals surface area contributed by atoms with E-state index < -0.39 is 5.41 Å². The molecule has 0 spiro atoms. The summed E-state index contributed by atoms with van der Waals surface area (Å²) in [5.41, 5.74) is 0.539. The van der Waals surface area contributed by atoms with E-state index in [1.165, 1.54) is 5.01 Å². The van der Waals surface area contributed by atoms with Crippen molar-refractivity contribution in [1.29, 1.82) is 0 Å².